The van der Waals surface area contributed by atoms with E-state index in [0.717, 1.165) is 11.4 Å². The predicted molar refractivity (Wildman–Crippen MR) is 77.4 cm³/mol. The van der Waals surface area contributed by atoms with Gasteiger partial charge in [-0.05, 0) is 11.6 Å². The quantitative estimate of drug-likeness (QED) is 0.823. The Morgan fingerprint density at radius 2 is 2.11 bits per heavy atom. The summed E-state index contributed by atoms with van der Waals surface area (Å²) in [5.74, 6) is 0. The van der Waals surface area contributed by atoms with Gasteiger partial charge in [-0.15, -0.1) is 0 Å². The molecular weight excluding hydrogens is 258 g/mol. The highest BCUT2D eigenvalue weighted by atomic mass is 32.2. The van der Waals surface area contributed by atoms with Gasteiger partial charge in [-0.3, -0.25) is 4.79 Å². The van der Waals surface area contributed by atoms with E-state index < -0.39 is 0 Å². The van der Waals surface area contributed by atoms with E-state index in [0.29, 0.717) is 11.2 Å². The van der Waals surface area contributed by atoms with E-state index in [4.69, 9.17) is 0 Å². The van der Waals surface area contributed by atoms with Gasteiger partial charge in [0.25, 0.3) is 5.56 Å². The standard InChI is InChI=1S/C14H17N3OS/c1-10(2)16-9-11-5-3-4-6-12(11)19-14-15-8-7-13(18)17-14/h3-8,10,16H,9H2,1-2H3,(H,15,17,18). The van der Waals surface area contributed by atoms with E-state index in [1.165, 1.54) is 29.6 Å². The van der Waals surface area contributed by atoms with Crippen LogP contribution in [-0.4, -0.2) is 16.0 Å². The monoisotopic (exact) mass is 275 g/mol. The number of hydrogen-bond donors (Lipinski definition) is 2. The highest BCUT2D eigenvalue weighted by Gasteiger charge is 2.05. The minimum Gasteiger partial charge on any atom is -0.310 e. The molecule has 1 aromatic carbocycles. The summed E-state index contributed by atoms with van der Waals surface area (Å²) >= 11 is 1.47. The summed E-state index contributed by atoms with van der Waals surface area (Å²) in [5.41, 5.74) is 1.07. The topological polar surface area (TPSA) is 57.8 Å². The number of aromatic nitrogens is 2. The van der Waals surface area contributed by atoms with Crippen LogP contribution in [-0.2, 0) is 6.54 Å². The lowest BCUT2D eigenvalue weighted by atomic mass is 10.2. The Kier molecular flexibility index (Phi) is 4.76. The van der Waals surface area contributed by atoms with Crippen LogP contribution >= 0.6 is 11.8 Å². The normalized spacial score (nSPS) is 10.9. The van der Waals surface area contributed by atoms with Gasteiger partial charge in [0.05, 0.1) is 0 Å². The molecule has 0 unspecified atom stereocenters. The molecule has 1 heterocycles. The van der Waals surface area contributed by atoms with Crippen LogP contribution in [0.15, 0.2) is 51.4 Å². The molecule has 0 saturated carbocycles. The van der Waals surface area contributed by atoms with Crippen molar-refractivity contribution in [3.8, 4) is 0 Å². The van der Waals surface area contributed by atoms with Crippen molar-refractivity contribution in [2.75, 3.05) is 0 Å². The number of hydrogen-bond acceptors (Lipinski definition) is 4. The van der Waals surface area contributed by atoms with Crippen LogP contribution in [0.3, 0.4) is 0 Å². The maximum atomic E-state index is 11.3. The molecule has 0 spiro atoms. The van der Waals surface area contributed by atoms with E-state index in [9.17, 15) is 4.79 Å². The Labute approximate surface area is 116 Å². The molecule has 0 atom stereocenters. The summed E-state index contributed by atoms with van der Waals surface area (Å²) in [5, 5.41) is 4.01. The molecule has 0 aliphatic rings. The first-order valence-electron chi connectivity index (χ1n) is 6.19. The van der Waals surface area contributed by atoms with Gasteiger partial charge in [-0.25, -0.2) is 4.98 Å². The van der Waals surface area contributed by atoms with Crippen molar-refractivity contribution < 1.29 is 0 Å². The predicted octanol–water partition coefficient (Wildman–Crippen LogP) is 2.42. The molecule has 0 saturated heterocycles. The number of H-pyrrole nitrogens is 1. The summed E-state index contributed by atoms with van der Waals surface area (Å²) in [7, 11) is 0. The van der Waals surface area contributed by atoms with Crippen molar-refractivity contribution in [1.82, 2.24) is 15.3 Å². The molecule has 2 rings (SSSR count). The van der Waals surface area contributed by atoms with Crippen molar-refractivity contribution >= 4 is 11.8 Å². The van der Waals surface area contributed by atoms with Crippen molar-refractivity contribution in [1.29, 1.82) is 0 Å². The summed E-state index contributed by atoms with van der Waals surface area (Å²) in [6, 6.07) is 9.97. The first-order chi connectivity index (χ1) is 9.15. The molecule has 0 aliphatic carbocycles. The fourth-order valence-corrected chi connectivity index (χ4v) is 2.46. The number of benzene rings is 1. The minimum absolute atomic E-state index is 0.129. The van der Waals surface area contributed by atoms with Crippen LogP contribution in [0.2, 0.25) is 0 Å². The average molecular weight is 275 g/mol. The van der Waals surface area contributed by atoms with Crippen molar-refractivity contribution in [3.63, 3.8) is 0 Å². The molecule has 0 amide bonds. The SMILES string of the molecule is CC(C)NCc1ccccc1Sc1nccc(=O)[nH]1. The average Bonchev–Trinajstić information content (AvgIpc) is 2.38. The van der Waals surface area contributed by atoms with E-state index in [2.05, 4.69) is 35.2 Å². The van der Waals surface area contributed by atoms with Crippen molar-refractivity contribution in [3.05, 3.63) is 52.4 Å². The lowest BCUT2D eigenvalue weighted by molar-refractivity contribution is 0.584. The van der Waals surface area contributed by atoms with Crippen LogP contribution < -0.4 is 10.9 Å². The largest absolute Gasteiger partial charge is 0.310 e. The molecule has 2 N–H and O–H groups in total. The van der Waals surface area contributed by atoms with Crippen molar-refractivity contribution in [2.45, 2.75) is 36.5 Å². The van der Waals surface area contributed by atoms with E-state index in [1.807, 2.05) is 18.2 Å². The Morgan fingerprint density at radius 1 is 1.32 bits per heavy atom. The molecule has 0 radical (unpaired) electrons. The van der Waals surface area contributed by atoms with E-state index in [-0.39, 0.29) is 5.56 Å². The third-order valence-electron chi connectivity index (χ3n) is 2.53. The Morgan fingerprint density at radius 3 is 2.84 bits per heavy atom. The first kappa shape index (κ1) is 13.8. The zero-order chi connectivity index (χ0) is 13.7. The summed E-state index contributed by atoms with van der Waals surface area (Å²) in [4.78, 5) is 19.2. The lowest BCUT2D eigenvalue weighted by Gasteiger charge is -2.11. The third kappa shape index (κ3) is 4.22. The maximum Gasteiger partial charge on any atom is 0.251 e. The molecule has 2 aromatic rings. The molecular formula is C14H17N3OS. The molecule has 0 aliphatic heterocycles. The van der Waals surface area contributed by atoms with E-state index >= 15 is 0 Å². The van der Waals surface area contributed by atoms with Gasteiger partial charge in [0.15, 0.2) is 5.16 Å². The van der Waals surface area contributed by atoms with Crippen LogP contribution in [0.5, 0.6) is 0 Å². The maximum absolute atomic E-state index is 11.3. The smallest absolute Gasteiger partial charge is 0.251 e. The Balaban J connectivity index is 2.17. The zero-order valence-corrected chi connectivity index (χ0v) is 11.8. The summed E-state index contributed by atoms with van der Waals surface area (Å²) in [6.45, 7) is 5.04. The fraction of sp³-hybridized carbons (Fsp3) is 0.286. The highest BCUT2D eigenvalue weighted by Crippen LogP contribution is 2.27. The second kappa shape index (κ2) is 6.54. The molecule has 0 bridgehead atoms. The van der Waals surface area contributed by atoms with Crippen LogP contribution in [0.25, 0.3) is 0 Å². The zero-order valence-electron chi connectivity index (χ0n) is 11.0. The lowest BCUT2D eigenvalue weighted by Crippen LogP contribution is -2.22. The molecule has 100 valence electrons. The second-order valence-corrected chi connectivity index (χ2v) is 5.52. The second-order valence-electron chi connectivity index (χ2n) is 4.48. The Hall–Kier alpha value is -1.59. The van der Waals surface area contributed by atoms with Gasteiger partial charge in [0, 0.05) is 29.7 Å². The van der Waals surface area contributed by atoms with Gasteiger partial charge < -0.3 is 10.3 Å². The van der Waals surface area contributed by atoms with Gasteiger partial charge in [0.1, 0.15) is 0 Å². The molecule has 4 nitrogen and oxygen atoms in total. The van der Waals surface area contributed by atoms with Crippen molar-refractivity contribution in [2.24, 2.45) is 0 Å². The third-order valence-corrected chi connectivity index (χ3v) is 3.55. The number of nitrogens with zero attached hydrogens (tertiary/aromatic N) is 1. The van der Waals surface area contributed by atoms with E-state index in [1.54, 1.807) is 0 Å². The van der Waals surface area contributed by atoms with Gasteiger partial charge in [0.2, 0.25) is 0 Å². The van der Waals surface area contributed by atoms with Gasteiger partial charge >= 0.3 is 0 Å². The number of rotatable bonds is 5. The summed E-state index contributed by atoms with van der Waals surface area (Å²) in [6.07, 6.45) is 1.52. The van der Waals surface area contributed by atoms with Gasteiger partial charge in [-0.2, -0.15) is 0 Å². The van der Waals surface area contributed by atoms with Gasteiger partial charge in [-0.1, -0.05) is 43.8 Å². The van der Waals surface area contributed by atoms with Crippen LogP contribution in [0, 0.1) is 0 Å². The highest BCUT2D eigenvalue weighted by molar-refractivity contribution is 7.99. The molecule has 19 heavy (non-hydrogen) atoms. The first-order valence-corrected chi connectivity index (χ1v) is 7.01. The fourth-order valence-electron chi connectivity index (χ4n) is 1.57. The molecule has 1 aromatic heterocycles. The number of aromatic amines is 1. The number of nitrogens with one attached hydrogen (secondary N) is 2. The summed E-state index contributed by atoms with van der Waals surface area (Å²) < 4.78 is 0. The van der Waals surface area contributed by atoms with Crippen LogP contribution in [0.1, 0.15) is 19.4 Å². The molecule has 5 heteroatoms. The van der Waals surface area contributed by atoms with Crippen LogP contribution in [0.4, 0.5) is 0 Å². The Bertz CT molecular complexity index is 595. The minimum atomic E-state index is -0.129. The molecule has 0 fully saturated rings.